The zero-order valence-electron chi connectivity index (χ0n) is 19.8. The summed E-state index contributed by atoms with van der Waals surface area (Å²) in [5.74, 6) is 2.85. The summed E-state index contributed by atoms with van der Waals surface area (Å²) in [6.45, 7) is 1.63. The molecule has 1 saturated carbocycles. The van der Waals surface area contributed by atoms with Gasteiger partial charge in [-0.05, 0) is 50.3 Å². The molecular weight excluding hydrogens is 418 g/mol. The first kappa shape index (κ1) is 23.0. The molecule has 0 saturated heterocycles. The monoisotopic (exact) mass is 451 g/mol. The van der Waals surface area contributed by atoms with Gasteiger partial charge in [-0.15, -0.1) is 0 Å². The highest BCUT2D eigenvalue weighted by Crippen LogP contribution is 2.28. The molecule has 1 fully saturated rings. The Morgan fingerprint density at radius 1 is 1.00 bits per heavy atom. The van der Waals surface area contributed by atoms with Crippen LogP contribution in [0.5, 0.6) is 11.9 Å². The molecule has 33 heavy (non-hydrogen) atoms. The largest absolute Gasteiger partial charge is 0.481 e. The van der Waals surface area contributed by atoms with Crippen molar-refractivity contribution in [3.63, 3.8) is 0 Å². The smallest absolute Gasteiger partial charge is 0.319 e. The zero-order valence-corrected chi connectivity index (χ0v) is 19.8. The first-order valence-electron chi connectivity index (χ1n) is 11.4. The van der Waals surface area contributed by atoms with Crippen molar-refractivity contribution in [1.29, 1.82) is 0 Å². The highest BCUT2D eigenvalue weighted by atomic mass is 16.5. The van der Waals surface area contributed by atoms with Crippen LogP contribution in [0.3, 0.4) is 0 Å². The molecule has 0 atom stereocenters. The lowest BCUT2D eigenvalue weighted by molar-refractivity contribution is 0.320. The van der Waals surface area contributed by atoms with Crippen LogP contribution in [-0.2, 0) is 6.54 Å². The van der Waals surface area contributed by atoms with Crippen molar-refractivity contribution in [2.24, 2.45) is 5.92 Å². The minimum atomic E-state index is 0.314. The van der Waals surface area contributed by atoms with E-state index in [4.69, 9.17) is 19.4 Å². The lowest BCUT2D eigenvalue weighted by atomic mass is 9.86. The molecule has 2 N–H and O–H groups in total. The maximum atomic E-state index is 5.36. The van der Waals surface area contributed by atoms with Crippen LogP contribution >= 0.6 is 0 Å². The fourth-order valence-electron chi connectivity index (χ4n) is 4.34. The first-order chi connectivity index (χ1) is 16.1. The molecule has 0 aliphatic heterocycles. The number of anilines is 2. The third kappa shape index (κ3) is 5.60. The topological polar surface area (TPSA) is 97.3 Å². The number of fused-ring (bicyclic) bond motifs is 1. The average molecular weight is 452 g/mol. The van der Waals surface area contributed by atoms with Gasteiger partial charge in [0.25, 0.3) is 0 Å². The van der Waals surface area contributed by atoms with Gasteiger partial charge in [-0.1, -0.05) is 12.1 Å². The first-order valence-corrected chi connectivity index (χ1v) is 11.4. The molecule has 1 aliphatic carbocycles. The van der Waals surface area contributed by atoms with E-state index in [9.17, 15) is 0 Å². The van der Waals surface area contributed by atoms with Crippen LogP contribution in [-0.4, -0.2) is 60.8 Å². The maximum absolute atomic E-state index is 5.36. The van der Waals surface area contributed by atoms with E-state index in [0.717, 1.165) is 54.5 Å². The quantitative estimate of drug-likeness (QED) is 0.508. The van der Waals surface area contributed by atoms with Crippen molar-refractivity contribution >= 4 is 22.7 Å². The van der Waals surface area contributed by atoms with Crippen LogP contribution in [0.4, 0.5) is 11.8 Å². The molecule has 2 heterocycles. The summed E-state index contributed by atoms with van der Waals surface area (Å²) < 4.78 is 10.4. The van der Waals surface area contributed by atoms with Crippen LogP contribution in [0.25, 0.3) is 10.9 Å². The minimum absolute atomic E-state index is 0.314. The van der Waals surface area contributed by atoms with Gasteiger partial charge < -0.3 is 25.0 Å². The van der Waals surface area contributed by atoms with Crippen LogP contribution in [0.15, 0.2) is 30.5 Å². The molecule has 0 bridgehead atoms. The van der Waals surface area contributed by atoms with E-state index >= 15 is 0 Å². The van der Waals surface area contributed by atoms with E-state index in [2.05, 4.69) is 26.7 Å². The van der Waals surface area contributed by atoms with E-state index in [1.165, 1.54) is 0 Å². The molecule has 1 aliphatic rings. The van der Waals surface area contributed by atoms with E-state index in [1.807, 2.05) is 37.2 Å². The van der Waals surface area contributed by atoms with Crippen molar-refractivity contribution in [2.45, 2.75) is 38.3 Å². The Kier molecular flexibility index (Phi) is 7.39. The summed E-state index contributed by atoms with van der Waals surface area (Å²) in [5.41, 5.74) is 1.90. The standard InChI is InChI=1S/C24H33N7O2/c1-31(2)21-19-7-5-6-8-20(19)28-23(29-21)27-18-11-9-16(10-12-18)13-25-14-17-15-26-24(33-4)30-22(17)32-3/h5-8,15-16,18,25H,9-14H2,1-4H3,(H,27,28,29)/t16-,18+. The van der Waals surface area contributed by atoms with Crippen molar-refractivity contribution in [3.8, 4) is 11.9 Å². The number of para-hydroxylation sites is 1. The molecular formula is C24H33N7O2. The fourth-order valence-corrected chi connectivity index (χ4v) is 4.34. The fraction of sp³-hybridized carbons (Fsp3) is 0.500. The second kappa shape index (κ2) is 10.6. The van der Waals surface area contributed by atoms with Crippen molar-refractivity contribution < 1.29 is 9.47 Å². The minimum Gasteiger partial charge on any atom is -0.481 e. The van der Waals surface area contributed by atoms with Gasteiger partial charge in [0.05, 0.1) is 19.7 Å². The number of hydrogen-bond acceptors (Lipinski definition) is 9. The molecule has 3 aromatic rings. The number of nitrogens with one attached hydrogen (secondary N) is 2. The third-order valence-electron chi connectivity index (χ3n) is 6.11. The second-order valence-electron chi connectivity index (χ2n) is 8.67. The lowest BCUT2D eigenvalue weighted by Gasteiger charge is -2.29. The predicted octanol–water partition coefficient (Wildman–Crippen LogP) is 3.26. The predicted molar refractivity (Wildman–Crippen MR) is 130 cm³/mol. The summed E-state index contributed by atoms with van der Waals surface area (Å²) in [5, 5.41) is 8.19. The zero-order chi connectivity index (χ0) is 23.2. The number of aromatic nitrogens is 4. The Labute approximate surface area is 195 Å². The van der Waals surface area contributed by atoms with Gasteiger partial charge in [-0.2, -0.15) is 9.97 Å². The Morgan fingerprint density at radius 2 is 1.79 bits per heavy atom. The van der Waals surface area contributed by atoms with E-state index in [0.29, 0.717) is 36.3 Å². The van der Waals surface area contributed by atoms with Gasteiger partial charge in [0.2, 0.25) is 11.8 Å². The molecule has 1 aromatic carbocycles. The molecule has 176 valence electrons. The Balaban J connectivity index is 1.28. The highest BCUT2D eigenvalue weighted by Gasteiger charge is 2.22. The average Bonchev–Trinajstić information content (AvgIpc) is 2.84. The maximum Gasteiger partial charge on any atom is 0.319 e. The van der Waals surface area contributed by atoms with E-state index in [-0.39, 0.29) is 0 Å². The van der Waals surface area contributed by atoms with Gasteiger partial charge in [-0.3, -0.25) is 0 Å². The number of rotatable bonds is 9. The number of benzene rings is 1. The van der Waals surface area contributed by atoms with Crippen LogP contribution < -0.4 is 25.0 Å². The van der Waals surface area contributed by atoms with Gasteiger partial charge in [0, 0.05) is 43.8 Å². The van der Waals surface area contributed by atoms with Gasteiger partial charge in [0.1, 0.15) is 5.82 Å². The summed E-state index contributed by atoms with van der Waals surface area (Å²) in [7, 11) is 7.19. The van der Waals surface area contributed by atoms with Crippen molar-refractivity contribution in [2.75, 3.05) is 45.1 Å². The highest BCUT2D eigenvalue weighted by molar-refractivity contribution is 5.90. The normalized spacial score (nSPS) is 18.2. The molecule has 0 amide bonds. The van der Waals surface area contributed by atoms with Crippen LogP contribution in [0.2, 0.25) is 0 Å². The molecule has 0 radical (unpaired) electrons. The van der Waals surface area contributed by atoms with Crippen LogP contribution in [0.1, 0.15) is 31.2 Å². The Bertz CT molecular complexity index is 1070. The van der Waals surface area contributed by atoms with Crippen LogP contribution in [0, 0.1) is 5.92 Å². The number of nitrogens with zero attached hydrogens (tertiary/aromatic N) is 5. The second-order valence-corrected chi connectivity index (χ2v) is 8.67. The molecule has 2 aromatic heterocycles. The number of methoxy groups -OCH3 is 2. The molecule has 0 unspecified atom stereocenters. The molecule has 9 heteroatoms. The Morgan fingerprint density at radius 3 is 2.52 bits per heavy atom. The van der Waals surface area contributed by atoms with Crippen molar-refractivity contribution in [3.05, 3.63) is 36.0 Å². The third-order valence-corrected chi connectivity index (χ3v) is 6.11. The van der Waals surface area contributed by atoms with Gasteiger partial charge in [-0.25, -0.2) is 9.97 Å². The Hall–Kier alpha value is -3.20. The molecule has 4 rings (SSSR count). The summed E-state index contributed by atoms with van der Waals surface area (Å²) >= 11 is 0. The van der Waals surface area contributed by atoms with E-state index in [1.54, 1.807) is 20.4 Å². The summed E-state index contributed by atoms with van der Waals surface area (Å²) in [6, 6.07) is 8.87. The lowest BCUT2D eigenvalue weighted by Crippen LogP contribution is -2.31. The van der Waals surface area contributed by atoms with E-state index < -0.39 is 0 Å². The van der Waals surface area contributed by atoms with Gasteiger partial charge in [0.15, 0.2) is 0 Å². The number of ether oxygens (including phenoxy) is 2. The number of hydrogen-bond donors (Lipinski definition) is 2. The summed E-state index contributed by atoms with van der Waals surface area (Å²) in [4.78, 5) is 20.0. The molecule has 9 nitrogen and oxygen atoms in total. The van der Waals surface area contributed by atoms with Gasteiger partial charge >= 0.3 is 6.01 Å². The molecule has 0 spiro atoms. The SMILES string of the molecule is COc1ncc(CNC[C@H]2CC[C@@H](Nc3nc(N(C)C)c4ccccc4n3)CC2)c(OC)n1. The van der Waals surface area contributed by atoms with Crippen molar-refractivity contribution in [1.82, 2.24) is 25.3 Å². The summed E-state index contributed by atoms with van der Waals surface area (Å²) in [6.07, 6.45) is 6.29.